The van der Waals surface area contributed by atoms with E-state index in [9.17, 15) is 14.4 Å². The van der Waals surface area contributed by atoms with Gasteiger partial charge in [0, 0.05) is 12.2 Å². The number of carbonyl (C=O) groups excluding carboxylic acids is 1. The van der Waals surface area contributed by atoms with E-state index in [0.29, 0.717) is 17.7 Å². The van der Waals surface area contributed by atoms with Gasteiger partial charge in [0.25, 0.3) is 11.5 Å². The fourth-order valence-corrected chi connectivity index (χ4v) is 2.28. The first kappa shape index (κ1) is 16.9. The van der Waals surface area contributed by atoms with Crippen LogP contribution < -0.4 is 10.9 Å². The molecule has 1 amide bonds. The molecule has 0 aliphatic heterocycles. The average Bonchev–Trinajstić information content (AvgIpc) is 2.32. The molecule has 1 aromatic rings. The standard InChI is InChI=1S/C15H22N2O4/c1-8(2)5-11(15(20)21)7-16-13(18)12-9(3)6-10(4)17-14(12)19/h6,8,11H,5,7H2,1-4H3,(H,16,18)(H,17,19)(H,20,21). The third kappa shape index (κ3) is 4.73. The Morgan fingerprint density at radius 3 is 2.43 bits per heavy atom. The van der Waals surface area contributed by atoms with E-state index in [-0.39, 0.29) is 18.0 Å². The van der Waals surface area contributed by atoms with Crippen LogP contribution in [0.5, 0.6) is 0 Å². The van der Waals surface area contributed by atoms with Crippen molar-refractivity contribution in [3.05, 3.63) is 33.2 Å². The lowest BCUT2D eigenvalue weighted by Gasteiger charge is -2.15. The van der Waals surface area contributed by atoms with Crippen LogP contribution in [0.15, 0.2) is 10.9 Å². The van der Waals surface area contributed by atoms with E-state index in [1.165, 1.54) is 0 Å². The molecule has 1 rings (SSSR count). The summed E-state index contributed by atoms with van der Waals surface area (Å²) < 4.78 is 0. The van der Waals surface area contributed by atoms with Gasteiger partial charge in [0.15, 0.2) is 0 Å². The Kier molecular flexibility index (Phi) is 5.69. The van der Waals surface area contributed by atoms with E-state index in [1.807, 2.05) is 13.8 Å². The fourth-order valence-electron chi connectivity index (χ4n) is 2.28. The van der Waals surface area contributed by atoms with Gasteiger partial charge in [0.2, 0.25) is 0 Å². The topological polar surface area (TPSA) is 99.3 Å². The molecule has 0 saturated heterocycles. The zero-order valence-electron chi connectivity index (χ0n) is 12.8. The third-order valence-corrected chi connectivity index (χ3v) is 3.21. The van der Waals surface area contributed by atoms with Crippen LogP contribution in [-0.4, -0.2) is 28.5 Å². The number of nitrogens with one attached hydrogen (secondary N) is 2. The van der Waals surface area contributed by atoms with Crippen molar-refractivity contribution < 1.29 is 14.7 Å². The quantitative estimate of drug-likeness (QED) is 0.739. The number of carboxylic acids is 1. The maximum Gasteiger partial charge on any atom is 0.308 e. The van der Waals surface area contributed by atoms with Gasteiger partial charge in [0.05, 0.1) is 5.92 Å². The zero-order chi connectivity index (χ0) is 16.2. The summed E-state index contributed by atoms with van der Waals surface area (Å²) in [4.78, 5) is 37.6. The normalized spacial score (nSPS) is 12.2. The highest BCUT2D eigenvalue weighted by Crippen LogP contribution is 2.11. The number of hydrogen-bond acceptors (Lipinski definition) is 3. The van der Waals surface area contributed by atoms with Crippen molar-refractivity contribution in [2.24, 2.45) is 11.8 Å². The SMILES string of the molecule is Cc1cc(C)c(C(=O)NCC(CC(C)C)C(=O)O)c(=O)[nH]1. The minimum atomic E-state index is -0.946. The Morgan fingerprint density at radius 1 is 1.33 bits per heavy atom. The Labute approximate surface area is 123 Å². The van der Waals surface area contributed by atoms with Crippen LogP contribution in [0.1, 0.15) is 41.9 Å². The van der Waals surface area contributed by atoms with Gasteiger partial charge in [-0.05, 0) is 37.8 Å². The number of aryl methyl sites for hydroxylation is 2. The van der Waals surface area contributed by atoms with Crippen molar-refractivity contribution >= 4 is 11.9 Å². The second-order valence-corrected chi connectivity index (χ2v) is 5.71. The van der Waals surface area contributed by atoms with Crippen molar-refractivity contribution in [3.63, 3.8) is 0 Å². The molecule has 1 heterocycles. The molecule has 0 radical (unpaired) electrons. The number of rotatable bonds is 6. The van der Waals surface area contributed by atoms with Crippen LogP contribution in [0.2, 0.25) is 0 Å². The van der Waals surface area contributed by atoms with Crippen LogP contribution in [0.4, 0.5) is 0 Å². The summed E-state index contributed by atoms with van der Waals surface area (Å²) in [5.74, 6) is -1.92. The summed E-state index contributed by atoms with van der Waals surface area (Å²) in [7, 11) is 0. The molecule has 21 heavy (non-hydrogen) atoms. The van der Waals surface area contributed by atoms with Gasteiger partial charge in [-0.3, -0.25) is 14.4 Å². The summed E-state index contributed by atoms with van der Waals surface area (Å²) in [5.41, 5.74) is 0.830. The molecule has 0 bridgehead atoms. The Hall–Kier alpha value is -2.11. The van der Waals surface area contributed by atoms with Gasteiger partial charge >= 0.3 is 5.97 Å². The number of pyridine rings is 1. The fraction of sp³-hybridized carbons (Fsp3) is 0.533. The van der Waals surface area contributed by atoms with Gasteiger partial charge in [-0.2, -0.15) is 0 Å². The van der Waals surface area contributed by atoms with E-state index < -0.39 is 23.4 Å². The maximum absolute atomic E-state index is 12.1. The van der Waals surface area contributed by atoms with E-state index in [4.69, 9.17) is 5.11 Å². The van der Waals surface area contributed by atoms with Crippen molar-refractivity contribution in [2.75, 3.05) is 6.54 Å². The molecule has 116 valence electrons. The number of aromatic nitrogens is 1. The van der Waals surface area contributed by atoms with E-state index in [0.717, 1.165) is 0 Å². The predicted octanol–water partition coefficient (Wildman–Crippen LogP) is 1.47. The zero-order valence-corrected chi connectivity index (χ0v) is 12.8. The molecule has 1 unspecified atom stereocenters. The second kappa shape index (κ2) is 7.06. The van der Waals surface area contributed by atoms with Crippen LogP contribution >= 0.6 is 0 Å². The number of carbonyl (C=O) groups is 2. The molecular formula is C15H22N2O4. The first-order chi connectivity index (χ1) is 9.72. The number of H-pyrrole nitrogens is 1. The van der Waals surface area contributed by atoms with Crippen molar-refractivity contribution in [2.45, 2.75) is 34.1 Å². The molecule has 0 spiro atoms. The first-order valence-electron chi connectivity index (χ1n) is 6.94. The van der Waals surface area contributed by atoms with E-state index >= 15 is 0 Å². The highest BCUT2D eigenvalue weighted by molar-refractivity contribution is 5.95. The maximum atomic E-state index is 12.1. The highest BCUT2D eigenvalue weighted by Gasteiger charge is 2.21. The van der Waals surface area contributed by atoms with Gasteiger partial charge in [-0.15, -0.1) is 0 Å². The smallest absolute Gasteiger partial charge is 0.308 e. The van der Waals surface area contributed by atoms with Gasteiger partial charge in [-0.25, -0.2) is 0 Å². The number of hydrogen-bond donors (Lipinski definition) is 3. The summed E-state index contributed by atoms with van der Waals surface area (Å²) in [6.07, 6.45) is 0.471. The first-order valence-corrected chi connectivity index (χ1v) is 6.94. The van der Waals surface area contributed by atoms with E-state index in [1.54, 1.807) is 19.9 Å². The van der Waals surface area contributed by atoms with Crippen LogP contribution in [0.3, 0.4) is 0 Å². The lowest BCUT2D eigenvalue weighted by atomic mass is 9.97. The van der Waals surface area contributed by atoms with Gasteiger partial charge in [0.1, 0.15) is 5.56 Å². The summed E-state index contributed by atoms with van der Waals surface area (Å²) in [6.45, 7) is 7.28. The molecule has 3 N–H and O–H groups in total. The Balaban J connectivity index is 2.82. The van der Waals surface area contributed by atoms with Gasteiger partial charge < -0.3 is 15.4 Å². The van der Waals surface area contributed by atoms with Crippen LogP contribution in [-0.2, 0) is 4.79 Å². The molecule has 1 atom stereocenters. The van der Waals surface area contributed by atoms with Crippen LogP contribution in [0, 0.1) is 25.7 Å². The highest BCUT2D eigenvalue weighted by atomic mass is 16.4. The number of amides is 1. The molecule has 0 aliphatic carbocycles. The molecule has 0 aromatic carbocycles. The predicted molar refractivity (Wildman–Crippen MR) is 79.5 cm³/mol. The van der Waals surface area contributed by atoms with E-state index in [2.05, 4.69) is 10.3 Å². The molecule has 6 nitrogen and oxygen atoms in total. The number of aromatic amines is 1. The monoisotopic (exact) mass is 294 g/mol. The number of aliphatic carboxylic acids is 1. The Morgan fingerprint density at radius 2 is 1.95 bits per heavy atom. The average molecular weight is 294 g/mol. The van der Waals surface area contributed by atoms with Gasteiger partial charge in [-0.1, -0.05) is 13.8 Å². The minimum absolute atomic E-state index is 0.0130. The van der Waals surface area contributed by atoms with Crippen molar-refractivity contribution in [1.29, 1.82) is 0 Å². The molecule has 6 heteroatoms. The molecular weight excluding hydrogens is 272 g/mol. The second-order valence-electron chi connectivity index (χ2n) is 5.71. The summed E-state index contributed by atoms with van der Waals surface area (Å²) in [5, 5.41) is 11.7. The molecule has 1 aromatic heterocycles. The van der Waals surface area contributed by atoms with Crippen molar-refractivity contribution in [3.8, 4) is 0 Å². The lowest BCUT2D eigenvalue weighted by molar-refractivity contribution is -0.142. The lowest BCUT2D eigenvalue weighted by Crippen LogP contribution is -2.36. The third-order valence-electron chi connectivity index (χ3n) is 3.21. The molecule has 0 aliphatic rings. The molecule has 0 saturated carbocycles. The van der Waals surface area contributed by atoms with Crippen LogP contribution in [0.25, 0.3) is 0 Å². The Bertz CT molecular complexity index is 590. The number of carboxylic acid groups (broad SMARTS) is 1. The van der Waals surface area contributed by atoms with Crippen molar-refractivity contribution in [1.82, 2.24) is 10.3 Å². The largest absolute Gasteiger partial charge is 0.481 e. The summed E-state index contributed by atoms with van der Waals surface area (Å²) >= 11 is 0. The molecule has 0 fully saturated rings. The summed E-state index contributed by atoms with van der Waals surface area (Å²) in [6, 6.07) is 1.71. The minimum Gasteiger partial charge on any atom is -0.481 e.